The molecular formula is C10H18N2O. The van der Waals surface area contributed by atoms with Crippen molar-refractivity contribution >= 4 is 5.91 Å². The van der Waals surface area contributed by atoms with Crippen LogP contribution < -0.4 is 10.6 Å². The van der Waals surface area contributed by atoms with E-state index in [9.17, 15) is 4.79 Å². The van der Waals surface area contributed by atoms with Crippen molar-refractivity contribution in [1.82, 2.24) is 10.6 Å². The molecule has 0 aromatic rings. The van der Waals surface area contributed by atoms with E-state index in [1.165, 1.54) is 6.42 Å². The Morgan fingerprint density at radius 2 is 2.46 bits per heavy atom. The summed E-state index contributed by atoms with van der Waals surface area (Å²) in [6, 6.07) is 0. The van der Waals surface area contributed by atoms with Crippen LogP contribution >= 0.6 is 0 Å². The summed E-state index contributed by atoms with van der Waals surface area (Å²) in [6.07, 6.45) is 5.65. The SMILES string of the molecule is C/C=C/C(=O)NCC1(C)CCCN1. The van der Waals surface area contributed by atoms with Gasteiger partial charge < -0.3 is 10.6 Å². The molecule has 0 aromatic heterocycles. The Kier molecular flexibility index (Phi) is 3.48. The molecule has 1 heterocycles. The van der Waals surface area contributed by atoms with Crippen LogP contribution in [0, 0.1) is 0 Å². The van der Waals surface area contributed by atoms with Gasteiger partial charge in [0.2, 0.25) is 5.91 Å². The highest BCUT2D eigenvalue weighted by Gasteiger charge is 2.27. The largest absolute Gasteiger partial charge is 0.351 e. The van der Waals surface area contributed by atoms with E-state index < -0.39 is 0 Å². The summed E-state index contributed by atoms with van der Waals surface area (Å²) in [4.78, 5) is 11.1. The van der Waals surface area contributed by atoms with Gasteiger partial charge >= 0.3 is 0 Å². The van der Waals surface area contributed by atoms with Gasteiger partial charge in [0.1, 0.15) is 0 Å². The molecule has 1 aliphatic rings. The van der Waals surface area contributed by atoms with Crippen LogP contribution in [0.15, 0.2) is 12.2 Å². The van der Waals surface area contributed by atoms with Gasteiger partial charge in [0.15, 0.2) is 0 Å². The maximum absolute atomic E-state index is 11.1. The van der Waals surface area contributed by atoms with Crippen LogP contribution in [-0.2, 0) is 4.79 Å². The standard InChI is InChI=1S/C10H18N2O/c1-3-5-9(13)11-8-10(2)6-4-7-12-10/h3,5,12H,4,6-8H2,1-2H3,(H,11,13)/b5-3+. The monoisotopic (exact) mass is 182 g/mol. The van der Waals surface area contributed by atoms with Gasteiger partial charge in [-0.15, -0.1) is 0 Å². The second-order valence-corrected chi connectivity index (χ2v) is 3.81. The number of allylic oxidation sites excluding steroid dienone is 1. The van der Waals surface area contributed by atoms with E-state index in [0.29, 0.717) is 0 Å². The van der Waals surface area contributed by atoms with E-state index >= 15 is 0 Å². The van der Waals surface area contributed by atoms with Gasteiger partial charge in [0.25, 0.3) is 0 Å². The van der Waals surface area contributed by atoms with Crippen molar-refractivity contribution in [2.75, 3.05) is 13.1 Å². The Morgan fingerprint density at radius 1 is 1.69 bits per heavy atom. The number of amides is 1. The fraction of sp³-hybridized carbons (Fsp3) is 0.700. The molecule has 1 unspecified atom stereocenters. The number of hydrogen-bond acceptors (Lipinski definition) is 2. The lowest BCUT2D eigenvalue weighted by molar-refractivity contribution is -0.116. The molecule has 1 aliphatic heterocycles. The van der Waals surface area contributed by atoms with Crippen LogP contribution in [0.25, 0.3) is 0 Å². The molecule has 3 heteroatoms. The minimum atomic E-state index is -0.00238. The fourth-order valence-corrected chi connectivity index (χ4v) is 1.60. The average molecular weight is 182 g/mol. The highest BCUT2D eigenvalue weighted by atomic mass is 16.1. The maximum atomic E-state index is 11.1. The Balaban J connectivity index is 2.28. The normalized spacial score (nSPS) is 28.2. The van der Waals surface area contributed by atoms with Gasteiger partial charge in [-0.1, -0.05) is 6.08 Å². The lowest BCUT2D eigenvalue weighted by Gasteiger charge is -2.24. The lowest BCUT2D eigenvalue weighted by atomic mass is 10.0. The third-order valence-electron chi connectivity index (χ3n) is 2.43. The molecule has 0 aromatic carbocycles. The van der Waals surface area contributed by atoms with E-state index in [0.717, 1.165) is 19.5 Å². The fourth-order valence-electron chi connectivity index (χ4n) is 1.60. The van der Waals surface area contributed by atoms with Crippen LogP contribution in [0.3, 0.4) is 0 Å². The molecule has 13 heavy (non-hydrogen) atoms. The molecule has 0 bridgehead atoms. The zero-order valence-corrected chi connectivity index (χ0v) is 8.39. The summed E-state index contributed by atoms with van der Waals surface area (Å²) < 4.78 is 0. The van der Waals surface area contributed by atoms with Crippen molar-refractivity contribution in [3.8, 4) is 0 Å². The minimum Gasteiger partial charge on any atom is -0.351 e. The Labute approximate surface area is 79.6 Å². The molecule has 0 aliphatic carbocycles. The van der Waals surface area contributed by atoms with Crippen molar-refractivity contribution in [2.45, 2.75) is 32.2 Å². The smallest absolute Gasteiger partial charge is 0.243 e. The van der Waals surface area contributed by atoms with Gasteiger partial charge in [0.05, 0.1) is 0 Å². The molecule has 1 amide bonds. The predicted molar refractivity (Wildman–Crippen MR) is 53.5 cm³/mol. The van der Waals surface area contributed by atoms with Crippen LogP contribution in [0.2, 0.25) is 0 Å². The van der Waals surface area contributed by atoms with Crippen molar-refractivity contribution < 1.29 is 4.79 Å². The third kappa shape index (κ3) is 3.19. The minimum absolute atomic E-state index is 0.00238. The molecule has 0 saturated carbocycles. The molecule has 0 radical (unpaired) electrons. The number of nitrogens with one attached hydrogen (secondary N) is 2. The Bertz CT molecular complexity index is 205. The van der Waals surface area contributed by atoms with Crippen LogP contribution in [0.4, 0.5) is 0 Å². The molecule has 1 saturated heterocycles. The Morgan fingerprint density at radius 3 is 3.00 bits per heavy atom. The first-order valence-corrected chi connectivity index (χ1v) is 4.82. The first-order valence-electron chi connectivity index (χ1n) is 4.82. The van der Waals surface area contributed by atoms with E-state index in [1.807, 2.05) is 6.92 Å². The summed E-state index contributed by atoms with van der Waals surface area (Å²) >= 11 is 0. The average Bonchev–Trinajstić information content (AvgIpc) is 2.51. The van der Waals surface area contributed by atoms with Gasteiger partial charge in [-0.3, -0.25) is 4.79 Å². The van der Waals surface area contributed by atoms with Crippen LogP contribution in [0.5, 0.6) is 0 Å². The van der Waals surface area contributed by atoms with Crippen molar-refractivity contribution in [1.29, 1.82) is 0 Å². The lowest BCUT2D eigenvalue weighted by Crippen LogP contribution is -2.46. The molecule has 0 spiro atoms. The number of carbonyl (C=O) groups is 1. The predicted octanol–water partition coefficient (Wildman–Crippen LogP) is 0.821. The van der Waals surface area contributed by atoms with Gasteiger partial charge in [0, 0.05) is 12.1 Å². The summed E-state index contributed by atoms with van der Waals surface area (Å²) in [5.74, 6) is -0.00238. The molecule has 1 atom stereocenters. The van der Waals surface area contributed by atoms with E-state index in [1.54, 1.807) is 12.2 Å². The maximum Gasteiger partial charge on any atom is 0.243 e. The zero-order valence-electron chi connectivity index (χ0n) is 8.39. The zero-order chi connectivity index (χ0) is 9.73. The third-order valence-corrected chi connectivity index (χ3v) is 2.43. The molecule has 1 rings (SSSR count). The molecule has 2 N–H and O–H groups in total. The molecule has 74 valence electrons. The van der Waals surface area contributed by atoms with Crippen LogP contribution in [-0.4, -0.2) is 24.5 Å². The number of carbonyl (C=O) groups excluding carboxylic acids is 1. The quantitative estimate of drug-likeness (QED) is 0.634. The van der Waals surface area contributed by atoms with E-state index in [4.69, 9.17) is 0 Å². The highest BCUT2D eigenvalue weighted by Crippen LogP contribution is 2.16. The van der Waals surface area contributed by atoms with Crippen molar-refractivity contribution in [3.05, 3.63) is 12.2 Å². The van der Waals surface area contributed by atoms with E-state index in [2.05, 4.69) is 17.6 Å². The second kappa shape index (κ2) is 4.42. The summed E-state index contributed by atoms with van der Waals surface area (Å²) in [7, 11) is 0. The number of hydrogen-bond donors (Lipinski definition) is 2. The summed E-state index contributed by atoms with van der Waals surface area (Å²) in [6.45, 7) is 5.78. The first-order chi connectivity index (χ1) is 6.16. The second-order valence-electron chi connectivity index (χ2n) is 3.81. The van der Waals surface area contributed by atoms with Gasteiger partial charge in [-0.2, -0.15) is 0 Å². The summed E-state index contributed by atoms with van der Waals surface area (Å²) in [5.41, 5.74) is 0.108. The molecule has 1 fully saturated rings. The first kappa shape index (κ1) is 10.3. The van der Waals surface area contributed by atoms with Crippen molar-refractivity contribution in [3.63, 3.8) is 0 Å². The van der Waals surface area contributed by atoms with Crippen LogP contribution in [0.1, 0.15) is 26.7 Å². The number of rotatable bonds is 3. The Hall–Kier alpha value is -0.830. The molecule has 3 nitrogen and oxygen atoms in total. The van der Waals surface area contributed by atoms with Crippen molar-refractivity contribution in [2.24, 2.45) is 0 Å². The van der Waals surface area contributed by atoms with E-state index in [-0.39, 0.29) is 11.4 Å². The van der Waals surface area contributed by atoms with Gasteiger partial charge in [-0.25, -0.2) is 0 Å². The van der Waals surface area contributed by atoms with Gasteiger partial charge in [-0.05, 0) is 39.3 Å². The summed E-state index contributed by atoms with van der Waals surface area (Å²) in [5, 5.41) is 6.27. The topological polar surface area (TPSA) is 41.1 Å². The molecular weight excluding hydrogens is 164 g/mol. The highest BCUT2D eigenvalue weighted by molar-refractivity contribution is 5.87.